The van der Waals surface area contributed by atoms with Gasteiger partial charge >= 0.3 is 5.97 Å². The van der Waals surface area contributed by atoms with Gasteiger partial charge in [-0.2, -0.15) is 0 Å². The van der Waals surface area contributed by atoms with Gasteiger partial charge in [0.05, 0.1) is 17.2 Å². The van der Waals surface area contributed by atoms with Gasteiger partial charge in [-0.1, -0.05) is 73.8 Å². The third-order valence-corrected chi connectivity index (χ3v) is 17.7. The van der Waals surface area contributed by atoms with Crippen LogP contribution >= 0.6 is 47.8 Å². The van der Waals surface area contributed by atoms with Crippen LogP contribution in [0.5, 0.6) is 0 Å². The highest BCUT2D eigenvalue weighted by molar-refractivity contribution is 9.11. The molecule has 8 nitrogen and oxygen atoms in total. The van der Waals surface area contributed by atoms with Crippen molar-refractivity contribution in [2.45, 2.75) is 114 Å². The normalized spacial score (nSPS) is 34.7. The first kappa shape index (κ1) is 44.4. The fourth-order valence-electron chi connectivity index (χ4n) is 13.4. The van der Waals surface area contributed by atoms with Crippen molar-refractivity contribution in [3.63, 3.8) is 0 Å². The van der Waals surface area contributed by atoms with E-state index in [4.69, 9.17) is 4.74 Å². The fourth-order valence-corrected chi connectivity index (χ4v) is 14.2. The minimum atomic E-state index is -0.933. The number of likely N-dealkylation sites (tertiary alicyclic amines) is 3. The summed E-state index contributed by atoms with van der Waals surface area (Å²) in [5, 5.41) is 13.1. The van der Waals surface area contributed by atoms with Gasteiger partial charge in [-0.15, -0.1) is 0 Å². The number of hydrogen-bond donors (Lipinski definition) is 1. The summed E-state index contributed by atoms with van der Waals surface area (Å²) in [6.07, 6.45) is 12.1. The summed E-state index contributed by atoms with van der Waals surface area (Å²) in [7, 11) is 2.27. The minimum Gasteiger partial charge on any atom is -0.422 e. The van der Waals surface area contributed by atoms with Gasteiger partial charge in [0.2, 0.25) is 0 Å². The average molecular weight is 1030 g/mol. The molecule has 1 N–H and O–H groups in total. The van der Waals surface area contributed by atoms with E-state index in [1.807, 2.05) is 48.5 Å². The number of aliphatic hydroxyl groups is 1. The summed E-state index contributed by atoms with van der Waals surface area (Å²) >= 11 is 10.5. The molecule has 62 heavy (non-hydrogen) atoms. The van der Waals surface area contributed by atoms with Crippen LogP contribution in [0.15, 0.2) is 92.3 Å². The summed E-state index contributed by atoms with van der Waals surface area (Å²) < 4.78 is 8.71. The highest BCUT2D eigenvalue weighted by atomic mass is 79.9. The van der Waals surface area contributed by atoms with Gasteiger partial charge in [0, 0.05) is 67.8 Å². The van der Waals surface area contributed by atoms with Gasteiger partial charge in [0.25, 0.3) is 11.8 Å². The maximum absolute atomic E-state index is 15.2. The Bertz CT molecular complexity index is 2170. The highest BCUT2D eigenvalue weighted by Crippen LogP contribution is 2.55. The Hall–Kier alpha value is -2.83. The van der Waals surface area contributed by atoms with E-state index in [0.717, 1.165) is 77.8 Å². The maximum Gasteiger partial charge on any atom is 0.343 e. The van der Waals surface area contributed by atoms with Crippen LogP contribution in [0.2, 0.25) is 0 Å². The summed E-state index contributed by atoms with van der Waals surface area (Å²) in [6, 6.07) is 22.6. The molecule has 0 spiro atoms. The van der Waals surface area contributed by atoms with E-state index in [9.17, 15) is 14.7 Å². The van der Waals surface area contributed by atoms with Gasteiger partial charge in [0.1, 0.15) is 5.76 Å². The number of benzene rings is 3. The minimum absolute atomic E-state index is 0.00660. The quantitative estimate of drug-likeness (QED) is 0.144. The van der Waals surface area contributed by atoms with Crippen molar-refractivity contribution < 1.29 is 24.2 Å². The van der Waals surface area contributed by atoms with Crippen molar-refractivity contribution in [3.05, 3.63) is 109 Å². The first-order valence-corrected chi connectivity index (χ1v) is 25.4. The van der Waals surface area contributed by atoms with Crippen molar-refractivity contribution in [3.8, 4) is 0 Å². The molecule has 12 atom stereocenters. The first-order valence-electron chi connectivity index (χ1n) is 23.0. The van der Waals surface area contributed by atoms with Crippen LogP contribution in [0.1, 0.15) is 111 Å². The van der Waals surface area contributed by atoms with E-state index in [1.54, 1.807) is 24.3 Å². The van der Waals surface area contributed by atoms with Crippen LogP contribution < -0.4 is 0 Å². The largest absolute Gasteiger partial charge is 0.422 e. The Morgan fingerprint density at radius 2 is 1.37 bits per heavy atom. The van der Waals surface area contributed by atoms with E-state index >= 15 is 4.79 Å². The molecule has 3 aromatic carbocycles. The van der Waals surface area contributed by atoms with E-state index in [0.29, 0.717) is 65.3 Å². The van der Waals surface area contributed by atoms with Crippen molar-refractivity contribution in [2.24, 2.45) is 41.4 Å². The molecule has 6 fully saturated rings. The lowest BCUT2D eigenvalue weighted by atomic mass is 9.64. The number of piperidine rings is 3. The number of rotatable bonds is 7. The van der Waals surface area contributed by atoms with Crippen LogP contribution in [0.4, 0.5) is 0 Å². The molecule has 3 saturated heterocycles. The Morgan fingerprint density at radius 1 is 0.758 bits per heavy atom. The zero-order valence-corrected chi connectivity index (χ0v) is 40.9. The molecule has 3 aliphatic heterocycles. The predicted molar refractivity (Wildman–Crippen MR) is 253 cm³/mol. The van der Waals surface area contributed by atoms with E-state index < -0.39 is 11.6 Å². The SMILES string of the molecule is C[C@@H]1C[C@H]2C[C@@H]3N(C(=O)c4ccc(Br)cc4)[C@@H](C[C@H]4C[C@@H](C)C[C@H]5[C@@H]4CCCN5C(=O)/C=C(/OC(=O)c4ccc(Br)cc4)c4ccc(Br)cc4)CC[C@@]3(O)[C@@H]3C[C@H]2[C@H](C1)N(C)C3. The van der Waals surface area contributed by atoms with Gasteiger partial charge < -0.3 is 24.5 Å². The van der Waals surface area contributed by atoms with Crippen molar-refractivity contribution in [2.75, 3.05) is 20.1 Å². The van der Waals surface area contributed by atoms with Crippen LogP contribution in [0.3, 0.4) is 0 Å². The number of carbonyl (C=O) groups excluding carboxylic acids is 3. The van der Waals surface area contributed by atoms with E-state index in [1.165, 1.54) is 12.5 Å². The van der Waals surface area contributed by atoms with Crippen LogP contribution in [-0.4, -0.2) is 87.5 Å². The second kappa shape index (κ2) is 18.2. The Balaban J connectivity index is 1.01. The van der Waals surface area contributed by atoms with Crippen LogP contribution in [-0.2, 0) is 9.53 Å². The first-order chi connectivity index (χ1) is 29.7. The third kappa shape index (κ3) is 8.80. The number of ether oxygens (including phenoxy) is 1. The monoisotopic (exact) mass is 1030 g/mol. The van der Waals surface area contributed by atoms with Gasteiger partial charge in [0.15, 0.2) is 0 Å². The number of hydrogen-bond acceptors (Lipinski definition) is 6. The molecule has 3 saturated carbocycles. The molecule has 3 aromatic rings. The summed E-state index contributed by atoms with van der Waals surface area (Å²) in [4.78, 5) is 50.0. The molecular weight excluding hydrogens is 974 g/mol. The number of fused-ring (bicyclic) bond motifs is 4. The summed E-state index contributed by atoms with van der Waals surface area (Å²) in [5.74, 6) is 2.40. The lowest BCUT2D eigenvalue weighted by Gasteiger charge is -2.56. The van der Waals surface area contributed by atoms with Gasteiger partial charge in [-0.3, -0.25) is 9.59 Å². The lowest BCUT2D eigenvalue weighted by Crippen LogP contribution is -2.66. The maximum atomic E-state index is 15.2. The fraction of sp³-hybridized carbons (Fsp3) is 0.549. The third-order valence-electron chi connectivity index (χ3n) is 16.1. The standard InChI is InChI=1S/C51H60Br3N3O5/c1-30-22-36-26-47-51(61,37-27-43(36)44(23-30)55(3)29-37)19-18-41(57(47)49(59)33-8-14-39(53)15-9-33)25-35-21-31(2)24-45-42(35)5-4-20-56(45)48(58)28-46(32-6-12-38(52)13-7-32)62-50(60)34-10-16-40(54)17-11-34/h6-17,28,30-31,35-37,41-45,47,61H,4-5,18-27,29H2,1-3H3/b46-28+/t30-,31-,35-,36+,37-,41-,42-,43-,44+,45+,47+,51-/m1/s1. The summed E-state index contributed by atoms with van der Waals surface area (Å²) in [5.41, 5.74) is 0.796. The molecular formula is C51H60Br3N3O5. The van der Waals surface area contributed by atoms with Crippen molar-refractivity contribution >= 4 is 71.3 Å². The number of nitrogens with zero attached hydrogens (tertiary/aromatic N) is 3. The summed E-state index contributed by atoms with van der Waals surface area (Å²) in [6.45, 7) is 6.24. The van der Waals surface area contributed by atoms with E-state index in [-0.39, 0.29) is 47.5 Å². The molecule has 330 valence electrons. The topological polar surface area (TPSA) is 90.4 Å². The molecule has 9 rings (SSSR count). The lowest BCUT2D eigenvalue weighted by molar-refractivity contribution is -0.141. The van der Waals surface area contributed by atoms with Gasteiger partial charge in [-0.05, 0) is 174 Å². The average Bonchev–Trinajstić information content (AvgIpc) is 3.35. The zero-order chi connectivity index (χ0) is 43.4. The zero-order valence-electron chi connectivity index (χ0n) is 36.1. The van der Waals surface area contributed by atoms with Crippen LogP contribution in [0.25, 0.3) is 5.76 Å². The molecule has 0 radical (unpaired) electrons. The smallest absolute Gasteiger partial charge is 0.343 e. The van der Waals surface area contributed by atoms with Crippen molar-refractivity contribution in [1.82, 2.24) is 14.7 Å². The van der Waals surface area contributed by atoms with E-state index in [2.05, 4.69) is 83.4 Å². The Labute approximate surface area is 392 Å². The number of halogens is 3. The second-order valence-electron chi connectivity index (χ2n) is 20.0. The van der Waals surface area contributed by atoms with Crippen molar-refractivity contribution in [1.29, 1.82) is 0 Å². The Kier molecular flexibility index (Phi) is 13.0. The molecule has 0 aromatic heterocycles. The second-order valence-corrected chi connectivity index (χ2v) is 22.7. The molecule has 11 heteroatoms. The number of amides is 2. The number of carbonyl (C=O) groups is 3. The molecule has 3 aliphatic carbocycles. The van der Waals surface area contributed by atoms with Crippen LogP contribution in [0, 0.1) is 41.4 Å². The van der Waals surface area contributed by atoms with Gasteiger partial charge in [-0.25, -0.2) is 4.79 Å². The molecule has 0 unspecified atom stereocenters. The molecule has 2 bridgehead atoms. The Morgan fingerprint density at radius 3 is 2.05 bits per heavy atom. The predicted octanol–water partition coefficient (Wildman–Crippen LogP) is 11.0. The molecule has 2 amide bonds. The highest BCUT2D eigenvalue weighted by Gasteiger charge is 2.60. The molecule has 6 aliphatic rings. The molecule has 3 heterocycles. The number of esters is 1.